The van der Waals surface area contributed by atoms with Crippen LogP contribution in [-0.4, -0.2) is 36.2 Å². The van der Waals surface area contributed by atoms with Crippen molar-refractivity contribution in [3.8, 4) is 0 Å². The third-order valence-corrected chi connectivity index (χ3v) is 5.00. The Morgan fingerprint density at radius 3 is 2.50 bits per heavy atom. The predicted octanol–water partition coefficient (Wildman–Crippen LogP) is 3.12. The lowest BCUT2D eigenvalue weighted by Crippen LogP contribution is -2.33. The molecule has 0 unspecified atom stereocenters. The lowest BCUT2D eigenvalue weighted by atomic mass is 10.1. The van der Waals surface area contributed by atoms with Crippen molar-refractivity contribution in [1.82, 2.24) is 0 Å². The van der Waals surface area contributed by atoms with Crippen LogP contribution in [-0.2, 0) is 19.1 Å². The highest BCUT2D eigenvalue weighted by Crippen LogP contribution is 2.26. The summed E-state index contributed by atoms with van der Waals surface area (Å²) in [5.74, 6) is -1.99. The molecule has 0 bridgehead atoms. The SMILES string of the molecule is CC(=O)c1cccc(NC(=O)[C@H](C)OC(=O)[C@@H]2CC(=O)N(c3ccc(C)cc3)C2)c1. The van der Waals surface area contributed by atoms with E-state index in [-0.39, 0.29) is 24.7 Å². The Kier molecular flexibility index (Phi) is 6.30. The minimum atomic E-state index is -1.04. The van der Waals surface area contributed by atoms with Gasteiger partial charge in [0.15, 0.2) is 11.9 Å². The van der Waals surface area contributed by atoms with Crippen molar-refractivity contribution < 1.29 is 23.9 Å². The molecule has 2 aromatic carbocycles. The van der Waals surface area contributed by atoms with Gasteiger partial charge in [0.2, 0.25) is 5.91 Å². The van der Waals surface area contributed by atoms with Gasteiger partial charge in [0, 0.05) is 29.9 Å². The van der Waals surface area contributed by atoms with Crippen LogP contribution < -0.4 is 10.2 Å². The van der Waals surface area contributed by atoms with Gasteiger partial charge >= 0.3 is 5.97 Å². The molecule has 7 heteroatoms. The van der Waals surface area contributed by atoms with E-state index in [0.29, 0.717) is 11.3 Å². The summed E-state index contributed by atoms with van der Waals surface area (Å²) in [6.07, 6.45) is -0.996. The van der Waals surface area contributed by atoms with Gasteiger partial charge in [-0.25, -0.2) is 0 Å². The van der Waals surface area contributed by atoms with Crippen molar-refractivity contribution in [3.63, 3.8) is 0 Å². The first kappa shape index (κ1) is 21.2. The molecule has 1 aliphatic heterocycles. The lowest BCUT2D eigenvalue weighted by molar-refractivity contribution is -0.157. The van der Waals surface area contributed by atoms with E-state index in [1.165, 1.54) is 13.8 Å². The zero-order valence-electron chi connectivity index (χ0n) is 17.2. The van der Waals surface area contributed by atoms with Crippen molar-refractivity contribution in [2.75, 3.05) is 16.8 Å². The van der Waals surface area contributed by atoms with Gasteiger partial charge in [-0.3, -0.25) is 19.2 Å². The summed E-state index contributed by atoms with van der Waals surface area (Å²) in [6.45, 7) is 5.08. The molecular weight excluding hydrogens is 384 g/mol. The maximum Gasteiger partial charge on any atom is 0.312 e. The fourth-order valence-corrected chi connectivity index (χ4v) is 3.22. The van der Waals surface area contributed by atoms with Crippen LogP contribution in [0, 0.1) is 12.8 Å². The molecule has 156 valence electrons. The standard InChI is InChI=1S/C23H24N2O5/c1-14-7-9-20(10-8-14)25-13-18(12-21(25)27)23(29)30-16(3)22(28)24-19-6-4-5-17(11-19)15(2)26/h4-11,16,18H,12-13H2,1-3H3,(H,24,28)/t16-,18+/m0/s1. The average molecular weight is 408 g/mol. The van der Waals surface area contributed by atoms with Crippen molar-refractivity contribution >= 4 is 34.9 Å². The van der Waals surface area contributed by atoms with Crippen LogP contribution in [0.4, 0.5) is 11.4 Å². The van der Waals surface area contributed by atoms with Crippen molar-refractivity contribution in [3.05, 3.63) is 59.7 Å². The van der Waals surface area contributed by atoms with E-state index in [2.05, 4.69) is 5.32 Å². The number of anilines is 2. The monoisotopic (exact) mass is 408 g/mol. The molecule has 1 heterocycles. The number of esters is 1. The number of amides is 2. The van der Waals surface area contributed by atoms with E-state index in [9.17, 15) is 19.2 Å². The zero-order valence-corrected chi connectivity index (χ0v) is 17.2. The van der Waals surface area contributed by atoms with E-state index < -0.39 is 23.9 Å². The van der Waals surface area contributed by atoms with Gasteiger partial charge in [0.1, 0.15) is 0 Å². The second-order valence-electron chi connectivity index (χ2n) is 7.45. The molecule has 0 aliphatic carbocycles. The Bertz CT molecular complexity index is 983. The maximum atomic E-state index is 12.5. The van der Waals surface area contributed by atoms with E-state index in [4.69, 9.17) is 4.74 Å². The number of aryl methyl sites for hydroxylation is 1. The lowest BCUT2D eigenvalue weighted by Gasteiger charge is -2.18. The first-order valence-corrected chi connectivity index (χ1v) is 9.74. The number of ketones is 1. The van der Waals surface area contributed by atoms with Crippen LogP contribution in [0.2, 0.25) is 0 Å². The van der Waals surface area contributed by atoms with Crippen molar-refractivity contribution in [2.45, 2.75) is 33.3 Å². The molecule has 2 aromatic rings. The molecular formula is C23H24N2O5. The van der Waals surface area contributed by atoms with Crippen LogP contribution in [0.5, 0.6) is 0 Å². The molecule has 0 saturated carbocycles. The minimum absolute atomic E-state index is 0.0434. The second kappa shape index (κ2) is 8.90. The summed E-state index contributed by atoms with van der Waals surface area (Å²) < 4.78 is 5.30. The molecule has 1 aliphatic rings. The van der Waals surface area contributed by atoms with Gasteiger partial charge in [0.25, 0.3) is 5.91 Å². The summed E-state index contributed by atoms with van der Waals surface area (Å²) in [6, 6.07) is 14.0. The predicted molar refractivity (Wildman–Crippen MR) is 112 cm³/mol. The Labute approximate surface area is 175 Å². The summed E-state index contributed by atoms with van der Waals surface area (Å²) >= 11 is 0. The summed E-state index contributed by atoms with van der Waals surface area (Å²) in [5, 5.41) is 2.64. The number of ether oxygens (including phenoxy) is 1. The molecule has 1 fully saturated rings. The number of carbonyl (C=O) groups excluding carboxylic acids is 4. The largest absolute Gasteiger partial charge is 0.452 e. The van der Waals surface area contributed by atoms with Gasteiger partial charge in [-0.15, -0.1) is 0 Å². The summed E-state index contributed by atoms with van der Waals surface area (Å²) in [7, 11) is 0. The maximum absolute atomic E-state index is 12.5. The highest BCUT2D eigenvalue weighted by molar-refractivity contribution is 6.01. The highest BCUT2D eigenvalue weighted by atomic mass is 16.5. The second-order valence-corrected chi connectivity index (χ2v) is 7.45. The van der Waals surface area contributed by atoms with Gasteiger partial charge in [-0.1, -0.05) is 29.8 Å². The Hall–Kier alpha value is -3.48. The van der Waals surface area contributed by atoms with Gasteiger partial charge in [-0.05, 0) is 45.0 Å². The Morgan fingerprint density at radius 1 is 1.13 bits per heavy atom. The highest BCUT2D eigenvalue weighted by Gasteiger charge is 2.37. The number of carbonyl (C=O) groups is 4. The van der Waals surface area contributed by atoms with E-state index in [1.807, 2.05) is 31.2 Å². The molecule has 30 heavy (non-hydrogen) atoms. The molecule has 2 atom stereocenters. The smallest absolute Gasteiger partial charge is 0.312 e. The average Bonchev–Trinajstić information content (AvgIpc) is 3.10. The summed E-state index contributed by atoms with van der Waals surface area (Å²) in [5.41, 5.74) is 2.72. The van der Waals surface area contributed by atoms with Crippen LogP contribution in [0.3, 0.4) is 0 Å². The number of nitrogens with zero attached hydrogens (tertiary/aromatic N) is 1. The molecule has 7 nitrogen and oxygen atoms in total. The number of benzene rings is 2. The Balaban J connectivity index is 1.58. The Morgan fingerprint density at radius 2 is 1.83 bits per heavy atom. The van der Waals surface area contributed by atoms with E-state index in [0.717, 1.165) is 11.3 Å². The first-order chi connectivity index (χ1) is 14.2. The molecule has 3 rings (SSSR count). The molecule has 0 spiro atoms. The van der Waals surface area contributed by atoms with Crippen LogP contribution >= 0.6 is 0 Å². The number of Topliss-reactive ketones (excluding diaryl/α,β-unsaturated/α-hetero) is 1. The first-order valence-electron chi connectivity index (χ1n) is 9.74. The number of hydrogen-bond acceptors (Lipinski definition) is 5. The quantitative estimate of drug-likeness (QED) is 0.586. The third kappa shape index (κ3) is 4.92. The van der Waals surface area contributed by atoms with Crippen LogP contribution in [0.15, 0.2) is 48.5 Å². The van der Waals surface area contributed by atoms with Gasteiger partial charge < -0.3 is 15.0 Å². The van der Waals surface area contributed by atoms with Crippen molar-refractivity contribution in [2.24, 2.45) is 5.92 Å². The minimum Gasteiger partial charge on any atom is -0.452 e. The molecule has 1 N–H and O–H groups in total. The fourth-order valence-electron chi connectivity index (χ4n) is 3.22. The number of rotatable bonds is 6. The van der Waals surface area contributed by atoms with Crippen molar-refractivity contribution in [1.29, 1.82) is 0 Å². The number of hydrogen-bond donors (Lipinski definition) is 1. The number of nitrogens with one attached hydrogen (secondary N) is 1. The molecule has 1 saturated heterocycles. The zero-order chi connectivity index (χ0) is 21.8. The molecule has 0 radical (unpaired) electrons. The van der Waals surface area contributed by atoms with Gasteiger partial charge in [0.05, 0.1) is 5.92 Å². The molecule has 2 amide bonds. The third-order valence-electron chi connectivity index (χ3n) is 5.00. The van der Waals surface area contributed by atoms with E-state index in [1.54, 1.807) is 29.2 Å². The topological polar surface area (TPSA) is 92.8 Å². The van der Waals surface area contributed by atoms with Crippen LogP contribution in [0.25, 0.3) is 0 Å². The summed E-state index contributed by atoms with van der Waals surface area (Å²) in [4.78, 5) is 50.2. The normalized spacial score (nSPS) is 16.8. The molecule has 0 aromatic heterocycles. The fraction of sp³-hybridized carbons (Fsp3) is 0.304. The van der Waals surface area contributed by atoms with Crippen LogP contribution in [0.1, 0.15) is 36.2 Å². The van der Waals surface area contributed by atoms with E-state index >= 15 is 0 Å². The van der Waals surface area contributed by atoms with Gasteiger partial charge in [-0.2, -0.15) is 0 Å².